The zero-order valence-electron chi connectivity index (χ0n) is 16.5. The number of hydrogen-bond acceptors (Lipinski definition) is 7. The highest BCUT2D eigenvalue weighted by molar-refractivity contribution is 7.89. The average Bonchev–Trinajstić information content (AvgIpc) is 2.79. The van der Waals surface area contributed by atoms with Crippen LogP contribution in [0.15, 0.2) is 47.4 Å². The van der Waals surface area contributed by atoms with Crippen LogP contribution in [-0.2, 0) is 10.0 Å². The van der Waals surface area contributed by atoms with Crippen LogP contribution in [0.2, 0.25) is 0 Å². The van der Waals surface area contributed by atoms with Gasteiger partial charge in [0.05, 0.1) is 10.5 Å². The van der Waals surface area contributed by atoms with Crippen LogP contribution < -0.4 is 14.2 Å². The standard InChI is InChI=1S/C21H23N3O5S/c22-16-17-3-1-2-4-19(17)27-12-11-23-7-9-24(10-8-23)30(25,26)18-5-6-20-21(15-18)29-14-13-28-20/h1-6,15H,7-14H2. The second-order valence-electron chi connectivity index (χ2n) is 7.01. The lowest BCUT2D eigenvalue weighted by Crippen LogP contribution is -2.49. The molecule has 0 aromatic heterocycles. The van der Waals surface area contributed by atoms with Crippen molar-refractivity contribution in [1.29, 1.82) is 5.26 Å². The monoisotopic (exact) mass is 429 g/mol. The zero-order valence-corrected chi connectivity index (χ0v) is 17.3. The highest BCUT2D eigenvalue weighted by atomic mass is 32.2. The fraction of sp³-hybridized carbons (Fsp3) is 0.381. The van der Waals surface area contributed by atoms with Crippen molar-refractivity contribution in [2.24, 2.45) is 0 Å². The summed E-state index contributed by atoms with van der Waals surface area (Å²) < 4.78 is 44.2. The van der Waals surface area contributed by atoms with Gasteiger partial charge in [0, 0.05) is 38.8 Å². The van der Waals surface area contributed by atoms with Crippen molar-refractivity contribution in [2.75, 3.05) is 52.5 Å². The number of nitrogens with zero attached hydrogens (tertiary/aromatic N) is 3. The molecule has 30 heavy (non-hydrogen) atoms. The van der Waals surface area contributed by atoms with Gasteiger partial charge in [-0.15, -0.1) is 0 Å². The fourth-order valence-corrected chi connectivity index (χ4v) is 4.93. The molecule has 0 atom stereocenters. The minimum atomic E-state index is -3.59. The molecular formula is C21H23N3O5S. The van der Waals surface area contributed by atoms with Gasteiger partial charge in [-0.1, -0.05) is 12.1 Å². The van der Waals surface area contributed by atoms with Crippen LogP contribution in [0.1, 0.15) is 5.56 Å². The van der Waals surface area contributed by atoms with Gasteiger partial charge in [-0.25, -0.2) is 8.42 Å². The molecule has 9 heteroatoms. The number of hydrogen-bond donors (Lipinski definition) is 0. The minimum Gasteiger partial charge on any atom is -0.491 e. The van der Waals surface area contributed by atoms with Crippen molar-refractivity contribution >= 4 is 10.0 Å². The van der Waals surface area contributed by atoms with E-state index >= 15 is 0 Å². The van der Waals surface area contributed by atoms with Crippen molar-refractivity contribution in [2.45, 2.75) is 4.90 Å². The molecular weight excluding hydrogens is 406 g/mol. The Bertz CT molecular complexity index is 1040. The van der Waals surface area contributed by atoms with Gasteiger partial charge in [-0.3, -0.25) is 4.90 Å². The Morgan fingerprint density at radius 3 is 2.50 bits per heavy atom. The van der Waals surface area contributed by atoms with Crippen LogP contribution in [0.5, 0.6) is 17.2 Å². The molecule has 0 bridgehead atoms. The summed E-state index contributed by atoms with van der Waals surface area (Å²) in [5.41, 5.74) is 0.507. The molecule has 2 aliphatic heterocycles. The summed E-state index contributed by atoms with van der Waals surface area (Å²) in [7, 11) is -3.59. The Hall–Kier alpha value is -2.80. The van der Waals surface area contributed by atoms with Crippen LogP contribution >= 0.6 is 0 Å². The maximum atomic E-state index is 13.0. The van der Waals surface area contributed by atoms with Crippen LogP contribution in [0, 0.1) is 11.3 Å². The largest absolute Gasteiger partial charge is 0.491 e. The van der Waals surface area contributed by atoms with E-state index in [0.29, 0.717) is 75.4 Å². The molecule has 0 spiro atoms. The highest BCUT2D eigenvalue weighted by Crippen LogP contribution is 2.33. The van der Waals surface area contributed by atoms with E-state index in [2.05, 4.69) is 11.0 Å². The molecule has 2 aromatic carbocycles. The van der Waals surface area contributed by atoms with Gasteiger partial charge in [0.25, 0.3) is 0 Å². The summed E-state index contributed by atoms with van der Waals surface area (Å²) in [5, 5.41) is 9.11. The number of benzene rings is 2. The molecule has 158 valence electrons. The normalized spacial score (nSPS) is 17.3. The van der Waals surface area contributed by atoms with Crippen molar-refractivity contribution in [3.63, 3.8) is 0 Å². The van der Waals surface area contributed by atoms with E-state index in [0.717, 1.165) is 0 Å². The van der Waals surface area contributed by atoms with Crippen LogP contribution in [0.3, 0.4) is 0 Å². The van der Waals surface area contributed by atoms with Gasteiger partial charge in [0.1, 0.15) is 31.6 Å². The fourth-order valence-electron chi connectivity index (χ4n) is 3.50. The van der Waals surface area contributed by atoms with E-state index in [-0.39, 0.29) is 4.90 Å². The molecule has 4 rings (SSSR count). The summed E-state index contributed by atoms with van der Waals surface area (Å²) in [6.07, 6.45) is 0. The van der Waals surface area contributed by atoms with Crippen molar-refractivity contribution < 1.29 is 22.6 Å². The quantitative estimate of drug-likeness (QED) is 0.690. The third-order valence-electron chi connectivity index (χ3n) is 5.16. The highest BCUT2D eigenvalue weighted by Gasteiger charge is 2.29. The van der Waals surface area contributed by atoms with E-state index in [4.69, 9.17) is 19.5 Å². The number of para-hydroxylation sites is 1. The lowest BCUT2D eigenvalue weighted by Gasteiger charge is -2.34. The number of fused-ring (bicyclic) bond motifs is 1. The number of piperazine rings is 1. The maximum Gasteiger partial charge on any atom is 0.243 e. The first-order valence-corrected chi connectivity index (χ1v) is 11.3. The predicted octanol–water partition coefficient (Wildman–Crippen LogP) is 1.71. The second-order valence-corrected chi connectivity index (χ2v) is 8.95. The summed E-state index contributed by atoms with van der Waals surface area (Å²) in [6.45, 7) is 4.03. The lowest BCUT2D eigenvalue weighted by atomic mass is 10.2. The minimum absolute atomic E-state index is 0.219. The molecule has 0 aliphatic carbocycles. The maximum absolute atomic E-state index is 13.0. The average molecular weight is 429 g/mol. The molecule has 1 saturated heterocycles. The van der Waals surface area contributed by atoms with Crippen LogP contribution in [-0.4, -0.2) is 70.2 Å². The number of sulfonamides is 1. The van der Waals surface area contributed by atoms with Crippen molar-refractivity contribution in [3.05, 3.63) is 48.0 Å². The first kappa shape index (κ1) is 20.5. The number of ether oxygens (including phenoxy) is 3. The Morgan fingerprint density at radius 1 is 1.00 bits per heavy atom. The summed E-state index contributed by atoms with van der Waals surface area (Å²) in [4.78, 5) is 2.38. The van der Waals surface area contributed by atoms with Gasteiger partial charge in [0.2, 0.25) is 10.0 Å². The summed E-state index contributed by atoms with van der Waals surface area (Å²) >= 11 is 0. The molecule has 0 saturated carbocycles. The summed E-state index contributed by atoms with van der Waals surface area (Å²) in [6, 6.07) is 14.0. The molecule has 2 heterocycles. The Labute approximate surface area is 176 Å². The van der Waals surface area contributed by atoms with Crippen molar-refractivity contribution in [3.8, 4) is 23.3 Å². The zero-order chi connectivity index (χ0) is 21.0. The van der Waals surface area contributed by atoms with Gasteiger partial charge in [-0.05, 0) is 24.3 Å². The first-order valence-electron chi connectivity index (χ1n) is 9.82. The van der Waals surface area contributed by atoms with Gasteiger partial charge in [0.15, 0.2) is 11.5 Å². The molecule has 8 nitrogen and oxygen atoms in total. The van der Waals surface area contributed by atoms with Gasteiger partial charge in [-0.2, -0.15) is 9.57 Å². The number of rotatable bonds is 6. The molecule has 0 radical (unpaired) electrons. The second kappa shape index (κ2) is 8.92. The number of nitriles is 1. The SMILES string of the molecule is N#Cc1ccccc1OCCN1CCN(S(=O)(=O)c2ccc3c(c2)OCCO3)CC1. The third kappa shape index (κ3) is 4.36. The molecule has 0 unspecified atom stereocenters. The molecule has 2 aromatic rings. The molecule has 0 N–H and O–H groups in total. The van der Waals surface area contributed by atoms with Crippen LogP contribution in [0.4, 0.5) is 0 Å². The van der Waals surface area contributed by atoms with E-state index in [9.17, 15) is 8.42 Å². The molecule has 1 fully saturated rings. The van der Waals surface area contributed by atoms with E-state index < -0.39 is 10.0 Å². The van der Waals surface area contributed by atoms with Gasteiger partial charge >= 0.3 is 0 Å². The first-order chi connectivity index (χ1) is 14.6. The smallest absolute Gasteiger partial charge is 0.243 e. The third-order valence-corrected chi connectivity index (χ3v) is 7.05. The van der Waals surface area contributed by atoms with E-state index in [1.165, 1.54) is 10.4 Å². The molecule has 0 amide bonds. The van der Waals surface area contributed by atoms with Crippen molar-refractivity contribution in [1.82, 2.24) is 9.21 Å². The van der Waals surface area contributed by atoms with E-state index in [1.807, 2.05) is 6.07 Å². The Morgan fingerprint density at radius 2 is 1.73 bits per heavy atom. The van der Waals surface area contributed by atoms with Crippen LogP contribution in [0.25, 0.3) is 0 Å². The predicted molar refractivity (Wildman–Crippen MR) is 109 cm³/mol. The summed E-state index contributed by atoms with van der Waals surface area (Å²) in [5.74, 6) is 1.61. The topological polar surface area (TPSA) is 92.1 Å². The Balaban J connectivity index is 1.31. The van der Waals surface area contributed by atoms with E-state index in [1.54, 1.807) is 30.3 Å². The Kier molecular flexibility index (Phi) is 6.08. The molecule has 2 aliphatic rings. The lowest BCUT2D eigenvalue weighted by molar-refractivity contribution is 0.158. The van der Waals surface area contributed by atoms with Gasteiger partial charge < -0.3 is 14.2 Å².